The fraction of sp³-hybridized carbons (Fsp3) is 0.400. The monoisotopic (exact) mass is 450 g/mol. The van der Waals surface area contributed by atoms with E-state index in [1.165, 1.54) is 10.5 Å². The average molecular weight is 450 g/mol. The molecule has 33 heavy (non-hydrogen) atoms. The van der Waals surface area contributed by atoms with Crippen LogP contribution >= 0.6 is 0 Å². The number of amides is 2. The Balaban J connectivity index is 1.31. The zero-order chi connectivity index (χ0) is 23.4. The van der Waals surface area contributed by atoms with Crippen molar-refractivity contribution in [3.8, 4) is 11.1 Å². The van der Waals surface area contributed by atoms with E-state index in [0.29, 0.717) is 18.8 Å². The third-order valence-corrected chi connectivity index (χ3v) is 7.01. The molecule has 1 aliphatic carbocycles. The standard InChI is InChI=1S/C25H26N2O6/c1-24(2)18-6-4-3-5-16(18)17-13-15(7-8-19(17)24)22(29)26-14-20(28)27-10-9-25(21(27)23(30)31)32-11-12-33-25/h3-8,13,21H,9-12,14H2,1-2H3,(H,26,29)(H,30,31)/t21-/m1/s1. The fourth-order valence-electron chi connectivity index (χ4n) is 5.36. The number of carbonyl (C=O) groups is 3. The molecule has 2 N–H and O–H groups in total. The number of carboxylic acids is 1. The number of aliphatic carboxylic acids is 1. The molecule has 5 rings (SSSR count). The van der Waals surface area contributed by atoms with Crippen molar-refractivity contribution in [2.75, 3.05) is 26.3 Å². The first-order chi connectivity index (χ1) is 15.7. The lowest BCUT2D eigenvalue weighted by molar-refractivity contribution is -0.191. The summed E-state index contributed by atoms with van der Waals surface area (Å²) in [7, 11) is 0. The zero-order valence-electron chi connectivity index (χ0n) is 18.6. The van der Waals surface area contributed by atoms with Crippen LogP contribution in [0.15, 0.2) is 42.5 Å². The first-order valence-corrected chi connectivity index (χ1v) is 11.1. The molecule has 2 heterocycles. The lowest BCUT2D eigenvalue weighted by Crippen LogP contribution is -2.54. The molecule has 1 atom stereocenters. The first-order valence-electron chi connectivity index (χ1n) is 11.1. The second kappa shape index (κ2) is 7.67. The molecule has 3 aliphatic rings. The van der Waals surface area contributed by atoms with E-state index >= 15 is 0 Å². The maximum absolute atomic E-state index is 12.9. The number of hydrogen-bond acceptors (Lipinski definition) is 5. The van der Waals surface area contributed by atoms with Gasteiger partial charge < -0.3 is 24.8 Å². The number of carbonyl (C=O) groups excluding carboxylic acids is 2. The molecule has 172 valence electrons. The van der Waals surface area contributed by atoms with E-state index < -0.39 is 23.7 Å². The van der Waals surface area contributed by atoms with Gasteiger partial charge in [0, 0.05) is 23.9 Å². The van der Waals surface area contributed by atoms with Crippen LogP contribution in [0.1, 0.15) is 41.8 Å². The Labute approximate surface area is 191 Å². The van der Waals surface area contributed by atoms with Crippen molar-refractivity contribution in [1.29, 1.82) is 0 Å². The molecule has 2 fully saturated rings. The molecule has 8 nitrogen and oxygen atoms in total. The van der Waals surface area contributed by atoms with Gasteiger partial charge in [0.2, 0.25) is 11.7 Å². The van der Waals surface area contributed by atoms with Crippen molar-refractivity contribution in [3.63, 3.8) is 0 Å². The Hall–Kier alpha value is -3.23. The predicted octanol–water partition coefficient (Wildman–Crippen LogP) is 2.15. The third-order valence-electron chi connectivity index (χ3n) is 7.01. The van der Waals surface area contributed by atoms with Gasteiger partial charge in [0.25, 0.3) is 5.91 Å². The highest BCUT2D eigenvalue weighted by Gasteiger charge is 2.57. The van der Waals surface area contributed by atoms with Crippen LogP contribution in [0.2, 0.25) is 0 Å². The summed E-state index contributed by atoms with van der Waals surface area (Å²) in [6.07, 6.45) is 0.281. The van der Waals surface area contributed by atoms with E-state index in [1.807, 2.05) is 24.3 Å². The van der Waals surface area contributed by atoms with Crippen LogP contribution in [0.4, 0.5) is 0 Å². The molecular weight excluding hydrogens is 424 g/mol. The van der Waals surface area contributed by atoms with Gasteiger partial charge in [-0.3, -0.25) is 9.59 Å². The van der Waals surface area contributed by atoms with E-state index in [2.05, 4.69) is 31.3 Å². The molecule has 2 aromatic rings. The van der Waals surface area contributed by atoms with Crippen molar-refractivity contribution in [1.82, 2.24) is 10.2 Å². The van der Waals surface area contributed by atoms with Gasteiger partial charge in [-0.1, -0.05) is 44.2 Å². The van der Waals surface area contributed by atoms with Crippen LogP contribution in [0, 0.1) is 0 Å². The first kappa shape index (κ1) is 21.6. The summed E-state index contributed by atoms with van der Waals surface area (Å²) < 4.78 is 11.1. The minimum atomic E-state index is -1.30. The molecule has 0 radical (unpaired) electrons. The Morgan fingerprint density at radius 3 is 2.48 bits per heavy atom. The number of hydrogen-bond donors (Lipinski definition) is 2. The molecule has 0 saturated carbocycles. The summed E-state index contributed by atoms with van der Waals surface area (Å²) in [5.74, 6) is -3.36. The van der Waals surface area contributed by atoms with Gasteiger partial charge in [-0.2, -0.15) is 0 Å². The molecule has 1 spiro atoms. The van der Waals surface area contributed by atoms with Crippen molar-refractivity contribution >= 4 is 17.8 Å². The summed E-state index contributed by atoms with van der Waals surface area (Å²) in [6, 6.07) is 12.5. The van der Waals surface area contributed by atoms with E-state index in [9.17, 15) is 19.5 Å². The molecule has 0 unspecified atom stereocenters. The summed E-state index contributed by atoms with van der Waals surface area (Å²) in [6.45, 7) is 4.79. The third kappa shape index (κ3) is 3.32. The van der Waals surface area contributed by atoms with Crippen LogP contribution in [0.3, 0.4) is 0 Å². The van der Waals surface area contributed by atoms with Crippen molar-refractivity contribution < 1.29 is 29.0 Å². The normalized spacial score (nSPS) is 21.6. The van der Waals surface area contributed by atoms with Gasteiger partial charge in [-0.25, -0.2) is 4.79 Å². The molecule has 8 heteroatoms. The molecule has 2 aliphatic heterocycles. The number of fused-ring (bicyclic) bond motifs is 3. The van der Waals surface area contributed by atoms with Crippen LogP contribution in [-0.4, -0.2) is 65.9 Å². The molecule has 2 saturated heterocycles. The van der Waals surface area contributed by atoms with E-state index in [-0.39, 0.29) is 30.8 Å². The van der Waals surface area contributed by atoms with Crippen LogP contribution < -0.4 is 5.32 Å². The lowest BCUT2D eigenvalue weighted by Gasteiger charge is -2.30. The van der Waals surface area contributed by atoms with Gasteiger partial charge in [0.15, 0.2) is 6.04 Å². The van der Waals surface area contributed by atoms with E-state index in [1.54, 1.807) is 6.07 Å². The van der Waals surface area contributed by atoms with Crippen LogP contribution in [-0.2, 0) is 24.5 Å². The number of likely N-dealkylation sites (tertiary alicyclic amines) is 1. The lowest BCUT2D eigenvalue weighted by atomic mass is 9.82. The minimum Gasteiger partial charge on any atom is -0.480 e. The number of benzene rings is 2. The fourth-order valence-corrected chi connectivity index (χ4v) is 5.36. The number of nitrogens with zero attached hydrogens (tertiary/aromatic N) is 1. The maximum Gasteiger partial charge on any atom is 0.332 e. The second-order valence-corrected chi connectivity index (χ2v) is 9.20. The van der Waals surface area contributed by atoms with Crippen molar-refractivity contribution in [2.24, 2.45) is 0 Å². The number of nitrogens with one attached hydrogen (secondary N) is 1. The molecular formula is C25H26N2O6. The second-order valence-electron chi connectivity index (χ2n) is 9.20. The Kier molecular flexibility index (Phi) is 5.02. The Bertz CT molecular complexity index is 1150. The van der Waals surface area contributed by atoms with Gasteiger partial charge in [0.05, 0.1) is 19.8 Å². The smallest absolute Gasteiger partial charge is 0.332 e. The van der Waals surface area contributed by atoms with Gasteiger partial charge in [-0.15, -0.1) is 0 Å². The van der Waals surface area contributed by atoms with E-state index in [4.69, 9.17) is 9.47 Å². The van der Waals surface area contributed by atoms with Gasteiger partial charge in [-0.05, 0) is 34.4 Å². The number of rotatable bonds is 4. The topological polar surface area (TPSA) is 105 Å². The van der Waals surface area contributed by atoms with E-state index in [0.717, 1.165) is 16.7 Å². The van der Waals surface area contributed by atoms with Gasteiger partial charge >= 0.3 is 5.97 Å². The number of carboxylic acid groups (broad SMARTS) is 1. The molecule has 2 aromatic carbocycles. The largest absolute Gasteiger partial charge is 0.480 e. The zero-order valence-corrected chi connectivity index (χ0v) is 18.6. The molecule has 2 amide bonds. The summed E-state index contributed by atoms with van der Waals surface area (Å²) in [4.78, 5) is 38.7. The highest BCUT2D eigenvalue weighted by atomic mass is 16.7. The van der Waals surface area contributed by atoms with Crippen LogP contribution in [0.25, 0.3) is 11.1 Å². The summed E-state index contributed by atoms with van der Waals surface area (Å²) >= 11 is 0. The van der Waals surface area contributed by atoms with Crippen molar-refractivity contribution in [3.05, 3.63) is 59.2 Å². The van der Waals surface area contributed by atoms with Crippen LogP contribution in [0.5, 0.6) is 0 Å². The highest BCUT2D eigenvalue weighted by molar-refractivity contribution is 5.99. The number of ether oxygens (including phenoxy) is 2. The highest BCUT2D eigenvalue weighted by Crippen LogP contribution is 2.48. The van der Waals surface area contributed by atoms with Gasteiger partial charge in [0.1, 0.15) is 0 Å². The molecule has 0 bridgehead atoms. The quantitative estimate of drug-likeness (QED) is 0.740. The predicted molar refractivity (Wildman–Crippen MR) is 119 cm³/mol. The summed E-state index contributed by atoms with van der Waals surface area (Å²) in [5.41, 5.74) is 4.78. The Morgan fingerprint density at radius 1 is 1.06 bits per heavy atom. The Morgan fingerprint density at radius 2 is 1.76 bits per heavy atom. The van der Waals surface area contributed by atoms with Crippen molar-refractivity contribution in [2.45, 2.75) is 37.5 Å². The average Bonchev–Trinajstić information content (AvgIpc) is 3.49. The summed E-state index contributed by atoms with van der Waals surface area (Å²) in [5, 5.41) is 12.3. The maximum atomic E-state index is 12.9. The minimum absolute atomic E-state index is 0.154. The SMILES string of the molecule is CC1(C)c2ccccc2-c2cc(C(=O)NCC(=O)N3CCC4(OCCO4)[C@H]3C(=O)O)ccc21. The molecule has 0 aromatic heterocycles.